The zero-order valence-electron chi connectivity index (χ0n) is 12.7. The average molecular weight is 317 g/mol. The molecule has 0 saturated carbocycles. The van der Waals surface area contributed by atoms with E-state index in [-0.39, 0.29) is 0 Å². The first-order valence-corrected chi connectivity index (χ1v) is 8.29. The number of aromatic nitrogens is 3. The molecule has 0 aliphatic carbocycles. The predicted molar refractivity (Wildman–Crippen MR) is 94.6 cm³/mol. The summed E-state index contributed by atoms with van der Waals surface area (Å²) in [5.74, 6) is 0. The van der Waals surface area contributed by atoms with Crippen LogP contribution in [0.2, 0.25) is 0 Å². The minimum atomic E-state index is 0.783. The fraction of sp³-hybridized carbons (Fsp3) is 0.105. The lowest BCUT2D eigenvalue weighted by molar-refractivity contribution is 1.11. The van der Waals surface area contributed by atoms with Gasteiger partial charge in [0.15, 0.2) is 4.83 Å². The Labute approximate surface area is 138 Å². The SMILES string of the molecule is Cc1c(Cc2nsc3nccnc23)cccc1-c1ccccc1. The molecule has 0 saturated heterocycles. The van der Waals surface area contributed by atoms with Gasteiger partial charge in [0.1, 0.15) is 5.52 Å². The molecular weight excluding hydrogens is 302 g/mol. The quantitative estimate of drug-likeness (QED) is 0.552. The van der Waals surface area contributed by atoms with Crippen LogP contribution in [-0.4, -0.2) is 14.3 Å². The molecule has 4 rings (SSSR count). The summed E-state index contributed by atoms with van der Waals surface area (Å²) in [6.07, 6.45) is 4.23. The molecule has 23 heavy (non-hydrogen) atoms. The summed E-state index contributed by atoms with van der Waals surface area (Å²) in [6.45, 7) is 2.18. The van der Waals surface area contributed by atoms with Crippen molar-refractivity contribution in [1.82, 2.24) is 14.3 Å². The number of rotatable bonds is 3. The lowest BCUT2D eigenvalue weighted by atomic mass is 9.94. The number of nitrogens with zero attached hydrogens (tertiary/aromatic N) is 3. The van der Waals surface area contributed by atoms with Gasteiger partial charge in [0.25, 0.3) is 0 Å². The Kier molecular flexibility index (Phi) is 3.60. The van der Waals surface area contributed by atoms with Gasteiger partial charge in [-0.25, -0.2) is 4.98 Å². The van der Waals surface area contributed by atoms with Crippen LogP contribution in [0.25, 0.3) is 21.5 Å². The third-order valence-electron chi connectivity index (χ3n) is 4.07. The molecule has 0 aliphatic heterocycles. The van der Waals surface area contributed by atoms with Crippen molar-refractivity contribution in [3.05, 3.63) is 77.7 Å². The maximum Gasteiger partial charge on any atom is 0.162 e. The Balaban J connectivity index is 1.76. The second-order valence-electron chi connectivity index (χ2n) is 5.47. The third-order valence-corrected chi connectivity index (χ3v) is 4.85. The largest absolute Gasteiger partial charge is 0.250 e. The van der Waals surface area contributed by atoms with E-state index in [1.807, 2.05) is 6.07 Å². The highest BCUT2D eigenvalue weighted by Gasteiger charge is 2.12. The second kappa shape index (κ2) is 5.89. The van der Waals surface area contributed by atoms with E-state index in [0.29, 0.717) is 0 Å². The molecule has 3 nitrogen and oxygen atoms in total. The summed E-state index contributed by atoms with van der Waals surface area (Å²) < 4.78 is 4.55. The van der Waals surface area contributed by atoms with Crippen LogP contribution in [0.3, 0.4) is 0 Å². The summed E-state index contributed by atoms with van der Waals surface area (Å²) in [6, 6.07) is 17.0. The molecule has 0 amide bonds. The summed E-state index contributed by atoms with van der Waals surface area (Å²) in [4.78, 5) is 9.66. The number of benzene rings is 2. The highest BCUT2D eigenvalue weighted by Crippen LogP contribution is 2.28. The van der Waals surface area contributed by atoms with Gasteiger partial charge >= 0.3 is 0 Å². The van der Waals surface area contributed by atoms with Crippen LogP contribution in [0, 0.1) is 6.92 Å². The Bertz CT molecular complexity index is 961. The van der Waals surface area contributed by atoms with Crippen LogP contribution in [0.4, 0.5) is 0 Å². The smallest absolute Gasteiger partial charge is 0.162 e. The van der Waals surface area contributed by atoms with Gasteiger partial charge in [0.2, 0.25) is 0 Å². The molecule has 0 bridgehead atoms. The molecule has 4 heteroatoms. The van der Waals surface area contributed by atoms with E-state index in [1.165, 1.54) is 33.8 Å². The van der Waals surface area contributed by atoms with Crippen LogP contribution >= 0.6 is 11.5 Å². The maximum atomic E-state index is 4.55. The van der Waals surface area contributed by atoms with Gasteiger partial charge in [0, 0.05) is 18.8 Å². The van der Waals surface area contributed by atoms with E-state index >= 15 is 0 Å². The Morgan fingerprint density at radius 3 is 2.61 bits per heavy atom. The van der Waals surface area contributed by atoms with Crippen molar-refractivity contribution in [1.29, 1.82) is 0 Å². The van der Waals surface area contributed by atoms with Crippen LogP contribution < -0.4 is 0 Å². The first-order valence-electron chi connectivity index (χ1n) is 7.52. The molecular formula is C19H15N3S. The molecule has 0 N–H and O–H groups in total. The molecule has 0 atom stereocenters. The topological polar surface area (TPSA) is 38.7 Å². The fourth-order valence-corrected chi connectivity index (χ4v) is 3.55. The van der Waals surface area contributed by atoms with Crippen molar-refractivity contribution in [2.24, 2.45) is 0 Å². The normalized spacial score (nSPS) is 11.0. The monoisotopic (exact) mass is 317 g/mol. The molecule has 112 valence electrons. The standard InChI is InChI=1S/C19H15N3S/c1-13-15(8-5-9-16(13)14-6-3-2-4-7-14)12-17-18-19(23-22-17)21-11-10-20-18/h2-11H,12H2,1H3. The van der Waals surface area contributed by atoms with E-state index in [4.69, 9.17) is 0 Å². The van der Waals surface area contributed by atoms with E-state index in [1.54, 1.807) is 12.4 Å². The van der Waals surface area contributed by atoms with Crippen molar-refractivity contribution < 1.29 is 0 Å². The van der Waals surface area contributed by atoms with Crippen LogP contribution in [0.5, 0.6) is 0 Å². The van der Waals surface area contributed by atoms with E-state index in [0.717, 1.165) is 22.5 Å². The van der Waals surface area contributed by atoms with Gasteiger partial charge in [-0.1, -0.05) is 48.5 Å². The molecule has 0 radical (unpaired) electrons. The second-order valence-corrected chi connectivity index (χ2v) is 6.22. The number of hydrogen-bond donors (Lipinski definition) is 0. The van der Waals surface area contributed by atoms with Crippen molar-refractivity contribution in [2.75, 3.05) is 0 Å². The van der Waals surface area contributed by atoms with Gasteiger partial charge in [-0.05, 0) is 40.7 Å². The first kappa shape index (κ1) is 14.0. The number of hydrogen-bond acceptors (Lipinski definition) is 4. The van der Waals surface area contributed by atoms with Crippen LogP contribution in [0.1, 0.15) is 16.8 Å². The van der Waals surface area contributed by atoms with Crippen molar-refractivity contribution >= 4 is 21.9 Å². The fourth-order valence-electron chi connectivity index (χ4n) is 2.83. The summed E-state index contributed by atoms with van der Waals surface area (Å²) >= 11 is 1.42. The van der Waals surface area contributed by atoms with Gasteiger partial charge < -0.3 is 0 Å². The summed E-state index contributed by atoms with van der Waals surface area (Å²) in [5.41, 5.74) is 7.02. The van der Waals surface area contributed by atoms with Crippen molar-refractivity contribution in [3.63, 3.8) is 0 Å². The molecule has 0 fully saturated rings. The lowest BCUT2D eigenvalue weighted by Crippen LogP contribution is -1.95. The lowest BCUT2D eigenvalue weighted by Gasteiger charge is -2.11. The molecule has 2 aromatic carbocycles. The first-order chi connectivity index (χ1) is 11.3. The van der Waals surface area contributed by atoms with Crippen molar-refractivity contribution in [2.45, 2.75) is 13.3 Å². The molecule has 2 aromatic heterocycles. The van der Waals surface area contributed by atoms with Crippen LogP contribution in [0.15, 0.2) is 60.9 Å². The van der Waals surface area contributed by atoms with Crippen LogP contribution in [-0.2, 0) is 6.42 Å². The average Bonchev–Trinajstić information content (AvgIpc) is 3.01. The minimum absolute atomic E-state index is 0.783. The maximum absolute atomic E-state index is 4.55. The Morgan fingerprint density at radius 1 is 0.913 bits per heavy atom. The van der Waals surface area contributed by atoms with Gasteiger partial charge in [-0.2, -0.15) is 4.37 Å². The summed E-state index contributed by atoms with van der Waals surface area (Å²) in [7, 11) is 0. The van der Waals surface area contributed by atoms with Gasteiger partial charge in [-0.15, -0.1) is 0 Å². The van der Waals surface area contributed by atoms with E-state index in [2.05, 4.69) is 63.7 Å². The Hall–Kier alpha value is -2.59. The highest BCUT2D eigenvalue weighted by molar-refractivity contribution is 7.12. The summed E-state index contributed by atoms with van der Waals surface area (Å²) in [5, 5.41) is 0. The Morgan fingerprint density at radius 2 is 1.74 bits per heavy atom. The molecule has 0 unspecified atom stereocenters. The molecule has 0 aliphatic rings. The number of fused-ring (bicyclic) bond motifs is 1. The zero-order valence-corrected chi connectivity index (χ0v) is 13.5. The third kappa shape index (κ3) is 2.62. The minimum Gasteiger partial charge on any atom is -0.250 e. The van der Waals surface area contributed by atoms with Gasteiger partial charge in [-0.3, -0.25) is 4.98 Å². The van der Waals surface area contributed by atoms with Crippen molar-refractivity contribution in [3.8, 4) is 11.1 Å². The molecule has 2 heterocycles. The predicted octanol–water partition coefficient (Wildman–Crippen LogP) is 4.65. The molecule has 4 aromatic rings. The van der Waals surface area contributed by atoms with Gasteiger partial charge in [0.05, 0.1) is 5.69 Å². The molecule has 0 spiro atoms. The van der Waals surface area contributed by atoms with E-state index in [9.17, 15) is 0 Å². The highest BCUT2D eigenvalue weighted by atomic mass is 32.1. The van der Waals surface area contributed by atoms with E-state index < -0.39 is 0 Å². The zero-order chi connectivity index (χ0) is 15.6.